The molecule has 0 saturated carbocycles. The third-order valence-corrected chi connectivity index (χ3v) is 3.22. The Hall–Kier alpha value is -0.480. The molecule has 1 atom stereocenters. The van der Waals surface area contributed by atoms with Crippen LogP contribution in [0, 0.1) is 0 Å². The van der Waals surface area contributed by atoms with E-state index in [-0.39, 0.29) is 5.41 Å². The van der Waals surface area contributed by atoms with Gasteiger partial charge in [0.25, 0.3) is 0 Å². The van der Waals surface area contributed by atoms with Crippen molar-refractivity contribution in [1.29, 1.82) is 0 Å². The molecule has 0 aromatic carbocycles. The molecule has 15 heavy (non-hydrogen) atoms. The van der Waals surface area contributed by atoms with Gasteiger partial charge in [-0.15, -0.1) is 5.10 Å². The van der Waals surface area contributed by atoms with E-state index in [1.807, 2.05) is 0 Å². The number of aromatic nitrogens is 2. The molecule has 1 aromatic rings. The number of hydrogen-bond donors (Lipinski definition) is 1. The monoisotopic (exact) mass is 227 g/mol. The molecular weight excluding hydrogens is 206 g/mol. The second-order valence-electron chi connectivity index (χ2n) is 4.91. The molecule has 0 bridgehead atoms. The Labute approximate surface area is 96.5 Å². The van der Waals surface area contributed by atoms with Crippen molar-refractivity contribution >= 4 is 11.5 Å². The maximum Gasteiger partial charge on any atom is 0.0856 e. The molecule has 0 aliphatic carbocycles. The van der Waals surface area contributed by atoms with E-state index in [2.05, 4.69) is 49.5 Å². The van der Waals surface area contributed by atoms with Crippen LogP contribution >= 0.6 is 11.5 Å². The van der Waals surface area contributed by atoms with E-state index < -0.39 is 0 Å². The summed E-state index contributed by atoms with van der Waals surface area (Å²) < 4.78 is 4.07. The Morgan fingerprint density at radius 2 is 2.07 bits per heavy atom. The quantitative estimate of drug-likeness (QED) is 0.859. The minimum Gasteiger partial charge on any atom is -0.309 e. The Morgan fingerprint density at radius 1 is 1.40 bits per heavy atom. The minimum atomic E-state index is 0.0878. The lowest BCUT2D eigenvalue weighted by molar-refractivity contribution is 0.527. The molecule has 0 amide bonds. The van der Waals surface area contributed by atoms with E-state index in [4.69, 9.17) is 0 Å². The first-order chi connectivity index (χ1) is 6.96. The highest BCUT2D eigenvalue weighted by atomic mass is 32.1. The minimum absolute atomic E-state index is 0.0878. The largest absolute Gasteiger partial charge is 0.309 e. The Morgan fingerprint density at radius 3 is 2.60 bits per heavy atom. The maximum atomic E-state index is 4.25. The van der Waals surface area contributed by atoms with Gasteiger partial charge in [0, 0.05) is 11.5 Å². The lowest BCUT2D eigenvalue weighted by Crippen LogP contribution is -2.22. The van der Waals surface area contributed by atoms with Crippen LogP contribution in [0.15, 0.2) is 0 Å². The van der Waals surface area contributed by atoms with Gasteiger partial charge in [-0.05, 0) is 31.4 Å². The fourth-order valence-corrected chi connectivity index (χ4v) is 2.34. The molecule has 0 radical (unpaired) electrons. The molecule has 0 spiro atoms. The highest BCUT2D eigenvalue weighted by Gasteiger charge is 2.24. The predicted molar refractivity (Wildman–Crippen MR) is 65.3 cm³/mol. The molecule has 4 heteroatoms. The number of nitrogens with zero attached hydrogens (tertiary/aromatic N) is 2. The molecule has 1 aromatic heterocycles. The molecule has 86 valence electrons. The van der Waals surface area contributed by atoms with Crippen LogP contribution in [-0.2, 0) is 5.41 Å². The molecule has 0 aliphatic heterocycles. The third kappa shape index (κ3) is 3.24. The average molecular weight is 227 g/mol. The smallest absolute Gasteiger partial charge is 0.0856 e. The van der Waals surface area contributed by atoms with Crippen molar-refractivity contribution in [2.45, 2.75) is 52.5 Å². The van der Waals surface area contributed by atoms with Crippen LogP contribution < -0.4 is 5.32 Å². The van der Waals surface area contributed by atoms with Crippen LogP contribution in [0.25, 0.3) is 0 Å². The molecule has 0 aliphatic rings. The summed E-state index contributed by atoms with van der Waals surface area (Å²) in [5.41, 5.74) is 1.22. The van der Waals surface area contributed by atoms with Crippen LogP contribution in [-0.4, -0.2) is 16.1 Å². The van der Waals surface area contributed by atoms with Gasteiger partial charge in [0.2, 0.25) is 0 Å². The molecular formula is C11H21N3S. The molecule has 0 fully saturated rings. The van der Waals surface area contributed by atoms with E-state index in [0.717, 1.165) is 18.7 Å². The normalized spacial score (nSPS) is 14.2. The van der Waals surface area contributed by atoms with E-state index in [0.29, 0.717) is 6.04 Å². The fourth-order valence-electron chi connectivity index (χ4n) is 1.46. The van der Waals surface area contributed by atoms with Gasteiger partial charge < -0.3 is 5.32 Å². The number of rotatable bonds is 4. The van der Waals surface area contributed by atoms with Crippen LogP contribution in [0.4, 0.5) is 0 Å². The van der Waals surface area contributed by atoms with Gasteiger partial charge in [0.15, 0.2) is 0 Å². The topological polar surface area (TPSA) is 37.8 Å². The highest BCUT2D eigenvalue weighted by Crippen LogP contribution is 2.29. The molecule has 1 unspecified atom stereocenters. The zero-order chi connectivity index (χ0) is 11.5. The zero-order valence-electron chi connectivity index (χ0n) is 10.3. The van der Waals surface area contributed by atoms with Crippen molar-refractivity contribution in [3.8, 4) is 0 Å². The zero-order valence-corrected chi connectivity index (χ0v) is 11.1. The van der Waals surface area contributed by atoms with Gasteiger partial charge in [-0.1, -0.05) is 32.2 Å². The van der Waals surface area contributed by atoms with Gasteiger partial charge >= 0.3 is 0 Å². The van der Waals surface area contributed by atoms with Crippen molar-refractivity contribution in [2.24, 2.45) is 0 Å². The highest BCUT2D eigenvalue weighted by molar-refractivity contribution is 7.05. The Kier molecular flexibility index (Phi) is 4.22. The first-order valence-electron chi connectivity index (χ1n) is 5.53. The third-order valence-electron chi connectivity index (χ3n) is 2.32. The van der Waals surface area contributed by atoms with Crippen molar-refractivity contribution in [3.63, 3.8) is 0 Å². The van der Waals surface area contributed by atoms with Crippen molar-refractivity contribution < 1.29 is 0 Å². The SMILES string of the molecule is CCCNC(C)c1snnc1C(C)(C)C. The summed E-state index contributed by atoms with van der Waals surface area (Å²) in [6.45, 7) is 11.9. The standard InChI is InChI=1S/C11H21N3S/c1-6-7-12-8(2)9-10(11(3,4)5)13-14-15-9/h8,12H,6-7H2,1-5H3. The first kappa shape index (κ1) is 12.6. The van der Waals surface area contributed by atoms with E-state index >= 15 is 0 Å². The van der Waals surface area contributed by atoms with Crippen LogP contribution in [0.5, 0.6) is 0 Å². The molecule has 1 heterocycles. The molecule has 0 saturated heterocycles. The van der Waals surface area contributed by atoms with Gasteiger partial charge in [-0.25, -0.2) is 0 Å². The molecule has 3 nitrogen and oxygen atoms in total. The van der Waals surface area contributed by atoms with Gasteiger partial charge in [-0.3, -0.25) is 0 Å². The second kappa shape index (κ2) is 5.03. The summed E-state index contributed by atoms with van der Waals surface area (Å²) in [4.78, 5) is 1.27. The Bertz CT molecular complexity index is 301. The summed E-state index contributed by atoms with van der Waals surface area (Å²) in [5.74, 6) is 0. The van der Waals surface area contributed by atoms with Crippen molar-refractivity contribution in [1.82, 2.24) is 14.9 Å². The van der Waals surface area contributed by atoms with Crippen molar-refractivity contribution in [2.75, 3.05) is 6.54 Å². The summed E-state index contributed by atoms with van der Waals surface area (Å²) in [5, 5.41) is 7.72. The van der Waals surface area contributed by atoms with E-state index in [1.165, 1.54) is 16.4 Å². The lowest BCUT2D eigenvalue weighted by atomic mass is 9.90. The summed E-state index contributed by atoms with van der Waals surface area (Å²) in [6.07, 6.45) is 1.15. The molecule has 1 N–H and O–H groups in total. The predicted octanol–water partition coefficient (Wildman–Crippen LogP) is 2.90. The average Bonchev–Trinajstić information content (AvgIpc) is 2.61. The summed E-state index contributed by atoms with van der Waals surface area (Å²) in [6, 6.07) is 0.360. The van der Waals surface area contributed by atoms with E-state index in [9.17, 15) is 0 Å². The first-order valence-corrected chi connectivity index (χ1v) is 6.30. The summed E-state index contributed by atoms with van der Waals surface area (Å²) in [7, 11) is 0. The van der Waals surface area contributed by atoms with Crippen LogP contribution in [0.1, 0.15) is 57.7 Å². The lowest BCUT2D eigenvalue weighted by Gasteiger charge is -2.20. The Balaban J connectivity index is 2.81. The summed E-state index contributed by atoms with van der Waals surface area (Å²) >= 11 is 1.51. The van der Waals surface area contributed by atoms with Crippen LogP contribution in [0.2, 0.25) is 0 Å². The fraction of sp³-hybridized carbons (Fsp3) is 0.818. The molecule has 1 rings (SSSR count). The van der Waals surface area contributed by atoms with Crippen molar-refractivity contribution in [3.05, 3.63) is 10.6 Å². The van der Waals surface area contributed by atoms with Gasteiger partial charge in [0.05, 0.1) is 10.6 Å². The van der Waals surface area contributed by atoms with Crippen LogP contribution in [0.3, 0.4) is 0 Å². The number of hydrogen-bond acceptors (Lipinski definition) is 4. The second-order valence-corrected chi connectivity index (χ2v) is 5.70. The number of nitrogens with one attached hydrogen (secondary N) is 1. The van der Waals surface area contributed by atoms with E-state index in [1.54, 1.807) is 0 Å². The van der Waals surface area contributed by atoms with Gasteiger partial charge in [0.1, 0.15) is 0 Å². The maximum absolute atomic E-state index is 4.25. The van der Waals surface area contributed by atoms with Gasteiger partial charge in [-0.2, -0.15) is 0 Å².